The van der Waals surface area contributed by atoms with Crippen LogP contribution < -0.4 is 16.1 Å². The topological polar surface area (TPSA) is 118 Å². The molecule has 178 valence electrons. The maximum atomic E-state index is 12.7. The zero-order valence-electron chi connectivity index (χ0n) is 19.1. The van der Waals surface area contributed by atoms with Crippen molar-refractivity contribution in [1.82, 2.24) is 15.7 Å². The van der Waals surface area contributed by atoms with Crippen LogP contribution in [0.3, 0.4) is 0 Å². The number of nitrogens with zero attached hydrogens (tertiary/aromatic N) is 3. The number of hydrogen-bond donors (Lipinski definition) is 4. The van der Waals surface area contributed by atoms with Crippen LogP contribution in [-0.4, -0.2) is 61.2 Å². The van der Waals surface area contributed by atoms with Gasteiger partial charge in [-0.15, -0.1) is 0 Å². The minimum atomic E-state index is -0.456. The molecule has 0 radical (unpaired) electrons. The Kier molecular flexibility index (Phi) is 9.07. The molecule has 4 N–H and O–H groups in total. The number of piperidine rings is 1. The first-order chi connectivity index (χ1) is 16.6. The zero-order chi connectivity index (χ0) is 24.2. The maximum absolute atomic E-state index is 12.7. The molecule has 2 heterocycles. The van der Waals surface area contributed by atoms with Gasteiger partial charge in [-0.3, -0.25) is 14.8 Å². The van der Waals surface area contributed by atoms with Gasteiger partial charge >= 0.3 is 6.03 Å². The minimum Gasteiger partial charge on any atom is -0.348 e. The molecular formula is C25H30N6O3. The fraction of sp³-hybridized carbons (Fsp3) is 0.280. The van der Waals surface area contributed by atoms with E-state index in [0.717, 1.165) is 17.5 Å². The number of allylic oxidation sites excluding steroid dienone is 1. The third-order valence-electron chi connectivity index (χ3n) is 5.59. The van der Waals surface area contributed by atoms with E-state index in [0.29, 0.717) is 43.9 Å². The summed E-state index contributed by atoms with van der Waals surface area (Å²) < 4.78 is 0. The van der Waals surface area contributed by atoms with Gasteiger partial charge < -0.3 is 20.7 Å². The summed E-state index contributed by atoms with van der Waals surface area (Å²) >= 11 is 0. The fourth-order valence-electron chi connectivity index (χ4n) is 3.89. The quantitative estimate of drug-likeness (QED) is 0.412. The number of aliphatic imine (C=N–C) groups is 2. The van der Waals surface area contributed by atoms with E-state index in [4.69, 9.17) is 10.2 Å². The van der Waals surface area contributed by atoms with E-state index >= 15 is 0 Å². The van der Waals surface area contributed by atoms with Gasteiger partial charge in [-0.1, -0.05) is 48.5 Å². The molecular weight excluding hydrogens is 432 g/mol. The summed E-state index contributed by atoms with van der Waals surface area (Å²) in [7, 11) is 1.43. The lowest BCUT2D eigenvalue weighted by Gasteiger charge is -2.40. The molecule has 1 saturated heterocycles. The molecule has 9 heteroatoms. The SMILES string of the molecule is CNO.O=CC1=CNC(=NC2(c3ccccc3)CCN(C(=O)Nc3ccccc3)CC2)CN=C1. The number of carbonyl (C=O) groups is 2. The summed E-state index contributed by atoms with van der Waals surface area (Å²) in [5, 5.41) is 13.4. The van der Waals surface area contributed by atoms with Crippen molar-refractivity contribution in [3.05, 3.63) is 78.0 Å². The summed E-state index contributed by atoms with van der Waals surface area (Å²) in [4.78, 5) is 35.0. The zero-order valence-corrected chi connectivity index (χ0v) is 19.1. The highest BCUT2D eigenvalue weighted by Crippen LogP contribution is 2.37. The van der Waals surface area contributed by atoms with Crippen molar-refractivity contribution in [1.29, 1.82) is 0 Å². The molecule has 0 saturated carbocycles. The summed E-state index contributed by atoms with van der Waals surface area (Å²) in [5.74, 6) is 0.708. The first-order valence-electron chi connectivity index (χ1n) is 11.1. The second-order valence-corrected chi connectivity index (χ2v) is 7.84. The molecule has 2 amide bonds. The van der Waals surface area contributed by atoms with Crippen LogP contribution in [0.5, 0.6) is 0 Å². The molecule has 2 aliphatic rings. The van der Waals surface area contributed by atoms with Gasteiger partial charge in [0.05, 0.1) is 12.1 Å². The van der Waals surface area contributed by atoms with E-state index in [1.807, 2.05) is 53.4 Å². The second-order valence-electron chi connectivity index (χ2n) is 7.84. The smallest absolute Gasteiger partial charge is 0.321 e. The predicted molar refractivity (Wildman–Crippen MR) is 133 cm³/mol. The Hall–Kier alpha value is -3.82. The number of benzene rings is 2. The number of hydroxylamine groups is 1. The van der Waals surface area contributed by atoms with Crippen molar-refractivity contribution >= 4 is 30.1 Å². The third kappa shape index (κ3) is 6.60. The Labute approximate surface area is 199 Å². The lowest BCUT2D eigenvalue weighted by molar-refractivity contribution is -0.104. The molecule has 2 aromatic carbocycles. The van der Waals surface area contributed by atoms with Crippen molar-refractivity contribution in [3.63, 3.8) is 0 Å². The van der Waals surface area contributed by atoms with Gasteiger partial charge in [-0.25, -0.2) is 10.3 Å². The molecule has 2 aliphatic heterocycles. The Morgan fingerprint density at radius 1 is 1.12 bits per heavy atom. The molecule has 9 nitrogen and oxygen atoms in total. The number of carbonyl (C=O) groups excluding carboxylic acids is 2. The van der Waals surface area contributed by atoms with Crippen molar-refractivity contribution < 1.29 is 14.8 Å². The van der Waals surface area contributed by atoms with Crippen LogP contribution in [0.4, 0.5) is 10.5 Å². The molecule has 34 heavy (non-hydrogen) atoms. The Morgan fingerprint density at radius 2 is 1.74 bits per heavy atom. The van der Waals surface area contributed by atoms with Crippen LogP contribution in [0.2, 0.25) is 0 Å². The summed E-state index contributed by atoms with van der Waals surface area (Å²) in [6, 6.07) is 19.5. The predicted octanol–water partition coefficient (Wildman–Crippen LogP) is 2.96. The summed E-state index contributed by atoms with van der Waals surface area (Å²) in [5.41, 5.74) is 3.67. The average molecular weight is 463 g/mol. The van der Waals surface area contributed by atoms with Gasteiger partial charge in [-0.05, 0) is 30.5 Å². The first-order valence-corrected chi connectivity index (χ1v) is 11.1. The van der Waals surface area contributed by atoms with Crippen LogP contribution in [0.1, 0.15) is 18.4 Å². The monoisotopic (exact) mass is 462 g/mol. The third-order valence-corrected chi connectivity index (χ3v) is 5.59. The van der Waals surface area contributed by atoms with Crippen LogP contribution >= 0.6 is 0 Å². The molecule has 0 bridgehead atoms. The molecule has 4 rings (SSSR count). The maximum Gasteiger partial charge on any atom is 0.321 e. The molecule has 0 spiro atoms. The van der Waals surface area contributed by atoms with E-state index < -0.39 is 5.54 Å². The van der Waals surface area contributed by atoms with Crippen LogP contribution in [-0.2, 0) is 10.3 Å². The number of nitrogens with one attached hydrogen (secondary N) is 3. The minimum absolute atomic E-state index is 0.101. The van der Waals surface area contributed by atoms with Crippen LogP contribution in [0.25, 0.3) is 0 Å². The number of amides is 2. The Bertz CT molecular complexity index is 1030. The van der Waals surface area contributed by atoms with Gasteiger partial charge in [0.1, 0.15) is 5.84 Å². The normalized spacial score (nSPS) is 18.0. The molecule has 0 aliphatic carbocycles. The first kappa shape index (κ1) is 24.8. The Morgan fingerprint density at radius 3 is 2.35 bits per heavy atom. The largest absolute Gasteiger partial charge is 0.348 e. The van der Waals surface area contributed by atoms with Gasteiger partial charge in [0, 0.05) is 43.8 Å². The van der Waals surface area contributed by atoms with Gasteiger partial charge in [0.15, 0.2) is 6.29 Å². The number of rotatable bonds is 4. The van der Waals surface area contributed by atoms with E-state index in [1.165, 1.54) is 7.05 Å². The van der Waals surface area contributed by atoms with E-state index in [2.05, 4.69) is 27.8 Å². The van der Waals surface area contributed by atoms with Gasteiger partial charge in [-0.2, -0.15) is 0 Å². The van der Waals surface area contributed by atoms with E-state index in [1.54, 1.807) is 17.9 Å². The summed E-state index contributed by atoms with van der Waals surface area (Å²) in [6.07, 6.45) is 5.32. The molecule has 0 atom stereocenters. The molecule has 0 aromatic heterocycles. The highest BCUT2D eigenvalue weighted by atomic mass is 16.5. The fourth-order valence-corrected chi connectivity index (χ4v) is 3.89. The highest BCUT2D eigenvalue weighted by molar-refractivity contribution is 6.04. The number of aldehydes is 1. The van der Waals surface area contributed by atoms with Gasteiger partial charge in [0.2, 0.25) is 0 Å². The number of para-hydroxylation sites is 1. The highest BCUT2D eigenvalue weighted by Gasteiger charge is 2.37. The van der Waals surface area contributed by atoms with Gasteiger partial charge in [0.25, 0.3) is 0 Å². The number of anilines is 1. The van der Waals surface area contributed by atoms with Crippen molar-refractivity contribution in [2.24, 2.45) is 9.98 Å². The average Bonchev–Trinajstić information content (AvgIpc) is 3.11. The van der Waals surface area contributed by atoms with E-state index in [9.17, 15) is 9.59 Å². The Balaban J connectivity index is 0.00000103. The molecule has 2 aromatic rings. The number of amidine groups is 1. The number of likely N-dealkylation sites (tertiary alicyclic amines) is 1. The standard InChI is InChI=1S/C24H25N5O2.CH5NO/c30-18-19-15-25-17-22(26-16-19)28-24(20-7-3-1-4-8-20)11-13-29(14-12-24)23(31)27-21-9-5-2-6-10-21;1-2-3/h1-10,15-16,18H,11-14,17H2,(H,26,28)(H,27,31);2-3H,1H3. The lowest BCUT2D eigenvalue weighted by Crippen LogP contribution is -2.46. The van der Waals surface area contributed by atoms with Crippen molar-refractivity contribution in [2.45, 2.75) is 18.4 Å². The summed E-state index contributed by atoms with van der Waals surface area (Å²) in [6.45, 7) is 1.55. The number of hydrogen-bond acceptors (Lipinski definition) is 6. The van der Waals surface area contributed by atoms with Crippen molar-refractivity contribution in [2.75, 3.05) is 32.0 Å². The van der Waals surface area contributed by atoms with Crippen molar-refractivity contribution in [3.8, 4) is 0 Å². The lowest BCUT2D eigenvalue weighted by atomic mass is 9.81. The van der Waals surface area contributed by atoms with Crippen LogP contribution in [0, 0.1) is 0 Å². The molecule has 1 fully saturated rings. The van der Waals surface area contributed by atoms with E-state index in [-0.39, 0.29) is 6.03 Å². The second kappa shape index (κ2) is 12.4. The number of urea groups is 1. The van der Waals surface area contributed by atoms with Crippen LogP contribution in [0.15, 0.2) is 82.4 Å². The molecule has 0 unspecified atom stereocenters.